The SMILES string of the molecule is CC(=CCC(O)CP(=O)(O)O)C(=O)O. The number of aliphatic hydroxyl groups is 1. The average molecular weight is 224 g/mol. The number of carboxylic acid groups (broad SMARTS) is 1. The molecule has 0 spiro atoms. The second kappa shape index (κ2) is 5.26. The molecule has 1 unspecified atom stereocenters. The number of carboxylic acids is 1. The van der Waals surface area contributed by atoms with Crippen LogP contribution in [0.3, 0.4) is 0 Å². The van der Waals surface area contributed by atoms with Crippen LogP contribution in [0.25, 0.3) is 0 Å². The van der Waals surface area contributed by atoms with E-state index in [1.54, 1.807) is 0 Å². The summed E-state index contributed by atoms with van der Waals surface area (Å²) >= 11 is 0. The number of rotatable bonds is 5. The van der Waals surface area contributed by atoms with Crippen molar-refractivity contribution in [2.75, 3.05) is 6.16 Å². The molecule has 0 amide bonds. The van der Waals surface area contributed by atoms with Gasteiger partial charge in [-0.1, -0.05) is 6.08 Å². The minimum absolute atomic E-state index is 0.0368. The Hall–Kier alpha value is -0.680. The van der Waals surface area contributed by atoms with Gasteiger partial charge in [-0.2, -0.15) is 0 Å². The average Bonchev–Trinajstić information content (AvgIpc) is 1.96. The monoisotopic (exact) mass is 224 g/mol. The Morgan fingerprint density at radius 1 is 1.50 bits per heavy atom. The van der Waals surface area contributed by atoms with E-state index < -0.39 is 25.8 Å². The molecule has 0 rings (SSSR count). The molecule has 0 aliphatic heterocycles. The van der Waals surface area contributed by atoms with E-state index in [0.29, 0.717) is 0 Å². The molecule has 7 heteroatoms. The summed E-state index contributed by atoms with van der Waals surface area (Å²) in [5.41, 5.74) is 0.0368. The van der Waals surface area contributed by atoms with Gasteiger partial charge >= 0.3 is 13.6 Å². The molecule has 0 saturated carbocycles. The zero-order valence-electron chi connectivity index (χ0n) is 7.62. The molecule has 4 N–H and O–H groups in total. The fourth-order valence-electron chi connectivity index (χ4n) is 0.749. The quantitative estimate of drug-likeness (QED) is 0.384. The van der Waals surface area contributed by atoms with Crippen molar-refractivity contribution in [1.82, 2.24) is 0 Å². The fraction of sp³-hybridized carbons (Fsp3) is 0.571. The van der Waals surface area contributed by atoms with Crippen LogP contribution in [0.15, 0.2) is 11.6 Å². The molecule has 0 radical (unpaired) electrons. The van der Waals surface area contributed by atoms with Crippen molar-refractivity contribution in [1.29, 1.82) is 0 Å². The van der Waals surface area contributed by atoms with E-state index in [1.807, 2.05) is 0 Å². The normalized spacial score (nSPS) is 15.3. The highest BCUT2D eigenvalue weighted by Gasteiger charge is 2.18. The molecule has 0 saturated heterocycles. The maximum atomic E-state index is 10.4. The Balaban J connectivity index is 4.09. The molecule has 14 heavy (non-hydrogen) atoms. The van der Waals surface area contributed by atoms with E-state index in [0.717, 1.165) is 0 Å². The molecule has 1 atom stereocenters. The summed E-state index contributed by atoms with van der Waals surface area (Å²) in [4.78, 5) is 27.2. The predicted molar refractivity (Wildman–Crippen MR) is 48.9 cm³/mol. The van der Waals surface area contributed by atoms with Gasteiger partial charge in [0.1, 0.15) is 0 Å². The summed E-state index contributed by atoms with van der Waals surface area (Å²) in [7, 11) is -4.23. The lowest BCUT2D eigenvalue weighted by atomic mass is 10.2. The van der Waals surface area contributed by atoms with Crippen LogP contribution in [-0.4, -0.2) is 38.2 Å². The van der Waals surface area contributed by atoms with Crippen LogP contribution in [0.4, 0.5) is 0 Å². The van der Waals surface area contributed by atoms with Crippen molar-refractivity contribution < 1.29 is 29.4 Å². The topological polar surface area (TPSA) is 115 Å². The van der Waals surface area contributed by atoms with Crippen LogP contribution < -0.4 is 0 Å². The summed E-state index contributed by atoms with van der Waals surface area (Å²) in [5.74, 6) is -1.12. The first-order chi connectivity index (χ1) is 6.22. The minimum atomic E-state index is -4.23. The fourth-order valence-corrected chi connectivity index (χ4v) is 1.45. The van der Waals surface area contributed by atoms with Gasteiger partial charge in [-0.05, 0) is 13.3 Å². The highest BCUT2D eigenvalue weighted by Crippen LogP contribution is 2.35. The van der Waals surface area contributed by atoms with E-state index in [1.165, 1.54) is 13.0 Å². The smallest absolute Gasteiger partial charge is 0.330 e. The molecular formula is C7H13O6P. The summed E-state index contributed by atoms with van der Waals surface area (Å²) in [6.07, 6.45) is -0.729. The summed E-state index contributed by atoms with van der Waals surface area (Å²) in [6, 6.07) is 0. The summed E-state index contributed by atoms with van der Waals surface area (Å²) in [6.45, 7) is 1.34. The Bertz CT molecular complexity index is 278. The van der Waals surface area contributed by atoms with E-state index >= 15 is 0 Å². The van der Waals surface area contributed by atoms with Crippen molar-refractivity contribution in [3.8, 4) is 0 Å². The molecule has 82 valence electrons. The zero-order valence-corrected chi connectivity index (χ0v) is 8.52. The predicted octanol–water partition coefficient (Wildman–Crippen LogP) is -0.0540. The van der Waals surface area contributed by atoms with E-state index in [4.69, 9.17) is 20.0 Å². The van der Waals surface area contributed by atoms with Crippen molar-refractivity contribution in [2.45, 2.75) is 19.4 Å². The Morgan fingerprint density at radius 3 is 2.36 bits per heavy atom. The number of aliphatic hydroxyl groups excluding tert-OH is 1. The summed E-state index contributed by atoms with van der Waals surface area (Å²) in [5, 5.41) is 17.5. The Kier molecular flexibility index (Phi) is 5.01. The molecular weight excluding hydrogens is 211 g/mol. The standard InChI is InChI=1S/C7H13O6P/c1-5(7(9)10)2-3-6(8)4-14(11,12)13/h2,6,8H,3-4H2,1H3,(H,9,10)(H2,11,12,13). The molecule has 0 bridgehead atoms. The molecule has 0 fully saturated rings. The highest BCUT2D eigenvalue weighted by molar-refractivity contribution is 7.51. The van der Waals surface area contributed by atoms with Gasteiger partial charge < -0.3 is 20.0 Å². The van der Waals surface area contributed by atoms with Crippen molar-refractivity contribution in [3.63, 3.8) is 0 Å². The van der Waals surface area contributed by atoms with Gasteiger partial charge in [0, 0.05) is 5.57 Å². The largest absolute Gasteiger partial charge is 0.478 e. The maximum Gasteiger partial charge on any atom is 0.330 e. The molecule has 0 heterocycles. The summed E-state index contributed by atoms with van der Waals surface area (Å²) < 4.78 is 10.4. The van der Waals surface area contributed by atoms with Crippen molar-refractivity contribution >= 4 is 13.6 Å². The highest BCUT2D eigenvalue weighted by atomic mass is 31.2. The van der Waals surface area contributed by atoms with Gasteiger partial charge in [-0.25, -0.2) is 4.79 Å². The first kappa shape index (κ1) is 13.3. The third kappa shape index (κ3) is 6.80. The lowest BCUT2D eigenvalue weighted by Crippen LogP contribution is -2.12. The van der Waals surface area contributed by atoms with E-state index in [9.17, 15) is 9.36 Å². The van der Waals surface area contributed by atoms with Gasteiger partial charge in [0.25, 0.3) is 0 Å². The number of hydrogen-bond acceptors (Lipinski definition) is 3. The molecule has 6 nitrogen and oxygen atoms in total. The van der Waals surface area contributed by atoms with Crippen LogP contribution in [0.2, 0.25) is 0 Å². The van der Waals surface area contributed by atoms with E-state index in [-0.39, 0.29) is 12.0 Å². The minimum Gasteiger partial charge on any atom is -0.478 e. The molecule has 0 aliphatic carbocycles. The van der Waals surface area contributed by atoms with E-state index in [2.05, 4.69) is 0 Å². The zero-order chi connectivity index (χ0) is 11.4. The number of carbonyl (C=O) groups is 1. The van der Waals surface area contributed by atoms with Gasteiger partial charge in [-0.15, -0.1) is 0 Å². The van der Waals surface area contributed by atoms with Crippen LogP contribution in [0.5, 0.6) is 0 Å². The third-order valence-electron chi connectivity index (χ3n) is 1.48. The molecule has 0 aromatic carbocycles. The first-order valence-electron chi connectivity index (χ1n) is 3.85. The molecule has 0 aromatic heterocycles. The third-order valence-corrected chi connectivity index (χ3v) is 2.38. The van der Waals surface area contributed by atoms with Crippen LogP contribution in [0.1, 0.15) is 13.3 Å². The Morgan fingerprint density at radius 2 is 2.00 bits per heavy atom. The molecule has 0 aromatic rings. The second-order valence-corrected chi connectivity index (χ2v) is 4.62. The maximum absolute atomic E-state index is 10.4. The van der Waals surface area contributed by atoms with Gasteiger partial charge in [-0.3, -0.25) is 4.57 Å². The van der Waals surface area contributed by atoms with Crippen LogP contribution in [-0.2, 0) is 9.36 Å². The van der Waals surface area contributed by atoms with Crippen LogP contribution in [0, 0.1) is 0 Å². The number of aliphatic carboxylic acids is 1. The van der Waals surface area contributed by atoms with Crippen molar-refractivity contribution in [2.24, 2.45) is 0 Å². The Labute approximate surface area is 81.0 Å². The van der Waals surface area contributed by atoms with Gasteiger partial charge in [0.15, 0.2) is 0 Å². The van der Waals surface area contributed by atoms with Crippen molar-refractivity contribution in [3.05, 3.63) is 11.6 Å². The van der Waals surface area contributed by atoms with Gasteiger partial charge in [0.05, 0.1) is 12.3 Å². The second-order valence-electron chi connectivity index (χ2n) is 2.93. The molecule has 0 aliphatic rings. The van der Waals surface area contributed by atoms with Gasteiger partial charge in [0.2, 0.25) is 0 Å². The lowest BCUT2D eigenvalue weighted by molar-refractivity contribution is -0.132. The van der Waals surface area contributed by atoms with Crippen LogP contribution >= 0.6 is 7.60 Å². The number of hydrogen-bond donors (Lipinski definition) is 4. The lowest BCUT2D eigenvalue weighted by Gasteiger charge is -2.08. The first-order valence-corrected chi connectivity index (χ1v) is 5.65.